The topological polar surface area (TPSA) is 49.8 Å². The molecule has 1 rings (SSSR count). The Kier molecular flexibility index (Phi) is 4.97. The van der Waals surface area contributed by atoms with Gasteiger partial charge in [-0.1, -0.05) is 13.0 Å². The lowest BCUT2D eigenvalue weighted by atomic mass is 10.1. The fourth-order valence-corrected chi connectivity index (χ4v) is 1.60. The second-order valence-electron chi connectivity index (χ2n) is 3.89. The van der Waals surface area contributed by atoms with E-state index in [2.05, 4.69) is 0 Å². The number of hydrogen-bond donors (Lipinski definition) is 1. The Balaban J connectivity index is 2.87. The van der Waals surface area contributed by atoms with Crippen LogP contribution in [-0.4, -0.2) is 31.8 Å². The molecule has 0 aliphatic rings. The Morgan fingerprint density at radius 3 is 2.76 bits per heavy atom. The average molecular weight is 237 g/mol. The van der Waals surface area contributed by atoms with E-state index < -0.39 is 0 Å². The first kappa shape index (κ1) is 13.5. The quantitative estimate of drug-likeness (QED) is 0.847. The van der Waals surface area contributed by atoms with E-state index in [1.165, 1.54) is 0 Å². The third-order valence-corrected chi connectivity index (χ3v) is 2.83. The number of benzene rings is 1. The van der Waals surface area contributed by atoms with E-state index in [0.29, 0.717) is 12.2 Å². The smallest absolute Gasteiger partial charge is 0.232 e. The summed E-state index contributed by atoms with van der Waals surface area (Å²) < 4.78 is 5.11. The zero-order chi connectivity index (χ0) is 12.8. The summed E-state index contributed by atoms with van der Waals surface area (Å²) in [5.41, 5.74) is 0.765. The van der Waals surface area contributed by atoms with Gasteiger partial charge in [-0.05, 0) is 18.6 Å². The van der Waals surface area contributed by atoms with Crippen LogP contribution in [0.25, 0.3) is 0 Å². The number of carbonyl (C=O) groups excluding carboxylic acids is 1. The molecule has 0 aromatic heterocycles. The summed E-state index contributed by atoms with van der Waals surface area (Å²) in [5, 5.41) is 9.12. The normalized spacial score (nSPS) is 12.0. The molecule has 0 aliphatic carbocycles. The van der Waals surface area contributed by atoms with Gasteiger partial charge in [-0.15, -0.1) is 0 Å². The number of nitrogens with zero attached hydrogens (tertiary/aromatic N) is 1. The molecule has 1 aromatic carbocycles. The fourth-order valence-electron chi connectivity index (χ4n) is 1.60. The first-order valence-electron chi connectivity index (χ1n) is 5.66. The third kappa shape index (κ3) is 3.20. The van der Waals surface area contributed by atoms with Crippen molar-refractivity contribution in [2.24, 2.45) is 5.92 Å². The molecule has 1 aromatic rings. The molecular formula is C13H19NO3. The summed E-state index contributed by atoms with van der Waals surface area (Å²) in [7, 11) is 3.29. The summed E-state index contributed by atoms with van der Waals surface area (Å²) >= 11 is 0. The van der Waals surface area contributed by atoms with Crippen molar-refractivity contribution in [1.29, 1.82) is 0 Å². The van der Waals surface area contributed by atoms with Crippen molar-refractivity contribution in [3.63, 3.8) is 0 Å². The minimum Gasteiger partial charge on any atom is -0.497 e. The van der Waals surface area contributed by atoms with E-state index in [1.807, 2.05) is 25.1 Å². The highest BCUT2D eigenvalue weighted by molar-refractivity contribution is 5.94. The number of aliphatic hydroxyl groups is 1. The first-order chi connectivity index (χ1) is 8.13. The van der Waals surface area contributed by atoms with Gasteiger partial charge in [0.25, 0.3) is 0 Å². The molecule has 94 valence electrons. The predicted octanol–water partition coefficient (Wildman–Crippen LogP) is 1.68. The molecule has 0 bridgehead atoms. The number of carbonyl (C=O) groups is 1. The van der Waals surface area contributed by atoms with E-state index in [9.17, 15) is 4.79 Å². The average Bonchev–Trinajstić information content (AvgIpc) is 2.39. The molecule has 4 heteroatoms. The highest BCUT2D eigenvalue weighted by Gasteiger charge is 2.20. The summed E-state index contributed by atoms with van der Waals surface area (Å²) in [6.45, 7) is 1.77. The monoisotopic (exact) mass is 237 g/mol. The lowest BCUT2D eigenvalue weighted by Crippen LogP contribution is -2.34. The maximum absolute atomic E-state index is 12.0. The van der Waals surface area contributed by atoms with Crippen molar-refractivity contribution < 1.29 is 14.6 Å². The molecule has 0 spiro atoms. The number of aliphatic hydroxyl groups excluding tert-OH is 1. The van der Waals surface area contributed by atoms with Crippen molar-refractivity contribution in [3.8, 4) is 5.75 Å². The number of methoxy groups -OCH3 is 1. The maximum Gasteiger partial charge on any atom is 0.232 e. The van der Waals surface area contributed by atoms with Crippen molar-refractivity contribution in [3.05, 3.63) is 24.3 Å². The Morgan fingerprint density at radius 1 is 1.53 bits per heavy atom. The molecule has 0 aliphatic heterocycles. The van der Waals surface area contributed by atoms with Crippen molar-refractivity contribution in [2.75, 3.05) is 25.7 Å². The van der Waals surface area contributed by atoms with Crippen LogP contribution in [0.5, 0.6) is 5.75 Å². The Bertz CT molecular complexity index is 375. The van der Waals surface area contributed by atoms with Gasteiger partial charge in [-0.25, -0.2) is 0 Å². The van der Waals surface area contributed by atoms with Gasteiger partial charge in [0, 0.05) is 18.8 Å². The van der Waals surface area contributed by atoms with Crippen molar-refractivity contribution >= 4 is 11.6 Å². The third-order valence-electron chi connectivity index (χ3n) is 2.83. The summed E-state index contributed by atoms with van der Waals surface area (Å²) in [6.07, 6.45) is 0.629. The van der Waals surface area contributed by atoms with Gasteiger partial charge >= 0.3 is 0 Å². The maximum atomic E-state index is 12.0. The van der Waals surface area contributed by atoms with E-state index in [1.54, 1.807) is 25.1 Å². The van der Waals surface area contributed by atoms with Crippen LogP contribution in [0.1, 0.15) is 13.3 Å². The van der Waals surface area contributed by atoms with Crippen LogP contribution in [0.2, 0.25) is 0 Å². The standard InChI is InChI=1S/C13H19NO3/c1-4-10(9-15)13(16)14(2)11-6-5-7-12(8-11)17-3/h5-8,10,15H,4,9H2,1-3H3. The summed E-state index contributed by atoms with van der Waals surface area (Å²) in [5.74, 6) is 0.286. The number of anilines is 1. The zero-order valence-corrected chi connectivity index (χ0v) is 10.5. The van der Waals surface area contributed by atoms with Gasteiger partial charge in [0.05, 0.1) is 19.6 Å². The van der Waals surface area contributed by atoms with Gasteiger partial charge in [0.15, 0.2) is 0 Å². The van der Waals surface area contributed by atoms with Gasteiger partial charge in [0.1, 0.15) is 5.75 Å². The zero-order valence-electron chi connectivity index (χ0n) is 10.5. The van der Waals surface area contributed by atoms with Crippen LogP contribution in [0.3, 0.4) is 0 Å². The van der Waals surface area contributed by atoms with E-state index in [0.717, 1.165) is 5.69 Å². The van der Waals surface area contributed by atoms with Crippen LogP contribution in [-0.2, 0) is 4.79 Å². The molecule has 1 atom stereocenters. The molecule has 0 fully saturated rings. The number of amides is 1. The SMILES string of the molecule is CCC(CO)C(=O)N(C)c1cccc(OC)c1. The fraction of sp³-hybridized carbons (Fsp3) is 0.462. The van der Waals surface area contributed by atoms with Crippen molar-refractivity contribution in [1.82, 2.24) is 0 Å². The minimum atomic E-state index is -0.341. The lowest BCUT2D eigenvalue weighted by molar-refractivity contribution is -0.123. The van der Waals surface area contributed by atoms with E-state index in [-0.39, 0.29) is 18.4 Å². The number of rotatable bonds is 5. The first-order valence-corrected chi connectivity index (χ1v) is 5.66. The second kappa shape index (κ2) is 6.25. The number of hydrogen-bond acceptors (Lipinski definition) is 3. The Morgan fingerprint density at radius 2 is 2.24 bits per heavy atom. The molecule has 1 unspecified atom stereocenters. The highest BCUT2D eigenvalue weighted by atomic mass is 16.5. The van der Waals surface area contributed by atoms with Gasteiger partial charge in [-0.3, -0.25) is 4.79 Å². The van der Waals surface area contributed by atoms with Crippen LogP contribution < -0.4 is 9.64 Å². The molecule has 1 N–H and O–H groups in total. The largest absolute Gasteiger partial charge is 0.497 e. The van der Waals surface area contributed by atoms with Gasteiger partial charge < -0.3 is 14.7 Å². The molecule has 4 nitrogen and oxygen atoms in total. The molecule has 17 heavy (non-hydrogen) atoms. The molecule has 1 amide bonds. The second-order valence-corrected chi connectivity index (χ2v) is 3.89. The summed E-state index contributed by atoms with van der Waals surface area (Å²) in [4.78, 5) is 13.6. The van der Waals surface area contributed by atoms with Gasteiger partial charge in [-0.2, -0.15) is 0 Å². The van der Waals surface area contributed by atoms with Crippen LogP contribution in [0.4, 0.5) is 5.69 Å². The van der Waals surface area contributed by atoms with E-state index in [4.69, 9.17) is 9.84 Å². The predicted molar refractivity (Wildman–Crippen MR) is 67.3 cm³/mol. The Labute approximate surface area is 102 Å². The molecule has 0 heterocycles. The Hall–Kier alpha value is -1.55. The van der Waals surface area contributed by atoms with Crippen LogP contribution in [0, 0.1) is 5.92 Å². The van der Waals surface area contributed by atoms with Gasteiger partial charge in [0.2, 0.25) is 5.91 Å². The highest BCUT2D eigenvalue weighted by Crippen LogP contribution is 2.21. The number of ether oxygens (including phenoxy) is 1. The van der Waals surface area contributed by atoms with Crippen molar-refractivity contribution in [2.45, 2.75) is 13.3 Å². The molecule has 0 radical (unpaired) electrons. The lowest BCUT2D eigenvalue weighted by Gasteiger charge is -2.22. The van der Waals surface area contributed by atoms with E-state index >= 15 is 0 Å². The van der Waals surface area contributed by atoms with Crippen LogP contribution in [0.15, 0.2) is 24.3 Å². The van der Waals surface area contributed by atoms with Crippen LogP contribution >= 0.6 is 0 Å². The summed E-state index contributed by atoms with van der Waals surface area (Å²) in [6, 6.07) is 7.29. The molecule has 0 saturated heterocycles. The molecule has 0 saturated carbocycles. The molecular weight excluding hydrogens is 218 g/mol. The minimum absolute atomic E-state index is 0.0803.